The lowest BCUT2D eigenvalue weighted by atomic mass is 10.2. The molecule has 0 fully saturated rings. The molecule has 0 aliphatic carbocycles. The molecule has 6 nitrogen and oxygen atoms in total. The van der Waals surface area contributed by atoms with Gasteiger partial charge in [0.25, 0.3) is 0 Å². The SMILES string of the molecule is CCC(C)(OC)O[Si](C)(OC(C)(CC)OC)OC(C)(CC)OC. The lowest BCUT2D eigenvalue weighted by Gasteiger charge is -2.44. The first-order chi connectivity index (χ1) is 10.5. The molecule has 0 heterocycles. The van der Waals surface area contributed by atoms with E-state index in [1.165, 1.54) is 0 Å². The van der Waals surface area contributed by atoms with Crippen molar-refractivity contribution < 1.29 is 27.5 Å². The molecule has 0 aliphatic heterocycles. The van der Waals surface area contributed by atoms with Gasteiger partial charge in [0.15, 0.2) is 17.4 Å². The van der Waals surface area contributed by atoms with Crippen molar-refractivity contribution in [3.8, 4) is 0 Å². The Kier molecular flexibility index (Phi) is 8.88. The second kappa shape index (κ2) is 8.89. The topological polar surface area (TPSA) is 55.4 Å². The van der Waals surface area contributed by atoms with E-state index in [-0.39, 0.29) is 0 Å². The molecule has 23 heavy (non-hydrogen) atoms. The summed E-state index contributed by atoms with van der Waals surface area (Å²) in [7, 11) is 1.69. The molecule has 0 amide bonds. The molecule has 0 radical (unpaired) electrons. The Morgan fingerprint density at radius 1 is 0.609 bits per heavy atom. The summed E-state index contributed by atoms with van der Waals surface area (Å²) in [4.78, 5) is 0. The van der Waals surface area contributed by atoms with Crippen molar-refractivity contribution >= 4 is 8.80 Å². The average Bonchev–Trinajstić information content (AvgIpc) is 2.53. The van der Waals surface area contributed by atoms with E-state index in [1.807, 2.05) is 48.1 Å². The zero-order valence-corrected chi connectivity index (χ0v) is 17.6. The van der Waals surface area contributed by atoms with E-state index < -0.39 is 26.2 Å². The normalized spacial score (nSPS) is 22.7. The fraction of sp³-hybridized carbons (Fsp3) is 1.00. The van der Waals surface area contributed by atoms with Gasteiger partial charge >= 0.3 is 8.80 Å². The molecule has 0 spiro atoms. The number of ether oxygens (including phenoxy) is 3. The summed E-state index contributed by atoms with van der Waals surface area (Å²) in [6.07, 6.45) is 1.97. The summed E-state index contributed by atoms with van der Waals surface area (Å²) in [5.74, 6) is -2.40. The predicted molar refractivity (Wildman–Crippen MR) is 92.0 cm³/mol. The molecular weight excluding hydrogens is 316 g/mol. The van der Waals surface area contributed by atoms with E-state index in [0.717, 1.165) is 0 Å². The van der Waals surface area contributed by atoms with Crippen LogP contribution in [0.2, 0.25) is 6.55 Å². The standard InChI is InChI=1S/C16H36O6Si/c1-11-14(4,17-7)20-23(10,21-15(5,12-2)18-8)22-16(6,13-3)19-9/h11-13H2,1-10H3. The Morgan fingerprint density at radius 3 is 0.957 bits per heavy atom. The summed E-state index contributed by atoms with van der Waals surface area (Å²) >= 11 is 0. The Labute approximate surface area is 143 Å². The van der Waals surface area contributed by atoms with Gasteiger partial charge < -0.3 is 27.5 Å². The Bertz CT molecular complexity index is 287. The van der Waals surface area contributed by atoms with Crippen LogP contribution in [0.25, 0.3) is 0 Å². The van der Waals surface area contributed by atoms with Crippen LogP contribution in [0.1, 0.15) is 60.8 Å². The Balaban J connectivity index is 5.59. The Hall–Kier alpha value is -0.0231. The molecule has 0 aromatic rings. The van der Waals surface area contributed by atoms with Crippen LogP contribution in [0.3, 0.4) is 0 Å². The molecule has 0 aliphatic rings. The van der Waals surface area contributed by atoms with Crippen LogP contribution >= 0.6 is 0 Å². The summed E-state index contributed by atoms with van der Waals surface area (Å²) in [6.45, 7) is 13.4. The minimum atomic E-state index is -3.16. The van der Waals surface area contributed by atoms with Crippen LogP contribution < -0.4 is 0 Å². The molecule has 140 valence electrons. The molecule has 0 saturated heterocycles. The molecule has 7 heteroatoms. The molecule has 3 atom stereocenters. The van der Waals surface area contributed by atoms with Gasteiger partial charge in [-0.3, -0.25) is 0 Å². The number of hydrogen-bond donors (Lipinski definition) is 0. The third-order valence-electron chi connectivity index (χ3n) is 4.43. The van der Waals surface area contributed by atoms with E-state index in [4.69, 9.17) is 27.5 Å². The predicted octanol–water partition coefficient (Wildman–Crippen LogP) is 3.92. The van der Waals surface area contributed by atoms with Crippen LogP contribution in [0, 0.1) is 0 Å². The molecule has 0 N–H and O–H groups in total. The highest BCUT2D eigenvalue weighted by Gasteiger charge is 2.51. The molecule has 0 aromatic carbocycles. The number of hydrogen-bond acceptors (Lipinski definition) is 6. The van der Waals surface area contributed by atoms with Crippen molar-refractivity contribution in [2.45, 2.75) is 84.7 Å². The highest BCUT2D eigenvalue weighted by Crippen LogP contribution is 2.33. The first-order valence-electron chi connectivity index (χ1n) is 8.24. The molecular formula is C16H36O6Si. The molecule has 0 aromatic heterocycles. The summed E-state index contributed by atoms with van der Waals surface area (Å²) in [5.41, 5.74) is 0. The summed E-state index contributed by atoms with van der Waals surface area (Å²) < 4.78 is 35.3. The van der Waals surface area contributed by atoms with E-state index in [2.05, 4.69) is 0 Å². The summed E-state index contributed by atoms with van der Waals surface area (Å²) in [6, 6.07) is 0. The number of rotatable bonds is 12. The maximum Gasteiger partial charge on any atom is 0.504 e. The van der Waals surface area contributed by atoms with E-state index >= 15 is 0 Å². The second-order valence-corrected chi connectivity index (χ2v) is 8.58. The quantitative estimate of drug-likeness (QED) is 0.392. The van der Waals surface area contributed by atoms with Gasteiger partial charge in [0.1, 0.15) is 0 Å². The van der Waals surface area contributed by atoms with Crippen molar-refractivity contribution in [1.82, 2.24) is 0 Å². The van der Waals surface area contributed by atoms with E-state index in [9.17, 15) is 0 Å². The van der Waals surface area contributed by atoms with Crippen molar-refractivity contribution in [3.63, 3.8) is 0 Å². The van der Waals surface area contributed by atoms with Crippen LogP contribution in [0.4, 0.5) is 0 Å². The van der Waals surface area contributed by atoms with Crippen molar-refractivity contribution in [1.29, 1.82) is 0 Å². The van der Waals surface area contributed by atoms with Gasteiger partial charge in [-0.2, -0.15) is 0 Å². The smallest absolute Gasteiger partial charge is 0.354 e. The lowest BCUT2D eigenvalue weighted by Crippen LogP contribution is -2.59. The average molecular weight is 353 g/mol. The van der Waals surface area contributed by atoms with Gasteiger partial charge in [-0.15, -0.1) is 0 Å². The zero-order chi connectivity index (χ0) is 18.4. The van der Waals surface area contributed by atoms with Gasteiger partial charge in [-0.05, 0) is 40.0 Å². The van der Waals surface area contributed by atoms with Gasteiger partial charge in [-0.1, -0.05) is 20.8 Å². The van der Waals surface area contributed by atoms with Gasteiger partial charge in [0, 0.05) is 27.9 Å². The monoisotopic (exact) mass is 352 g/mol. The highest BCUT2D eigenvalue weighted by molar-refractivity contribution is 6.59. The molecule has 0 saturated carbocycles. The first kappa shape index (κ1) is 23.0. The number of methoxy groups -OCH3 is 3. The maximum atomic E-state index is 6.23. The third-order valence-corrected chi connectivity index (χ3v) is 6.83. The minimum absolute atomic E-state index is 0.657. The van der Waals surface area contributed by atoms with Crippen molar-refractivity contribution in [3.05, 3.63) is 0 Å². The van der Waals surface area contributed by atoms with Crippen molar-refractivity contribution in [2.24, 2.45) is 0 Å². The van der Waals surface area contributed by atoms with Gasteiger partial charge in [0.05, 0.1) is 0 Å². The fourth-order valence-corrected chi connectivity index (χ4v) is 5.17. The zero-order valence-electron chi connectivity index (χ0n) is 16.6. The first-order valence-corrected chi connectivity index (χ1v) is 10.5. The molecule has 0 bridgehead atoms. The van der Waals surface area contributed by atoms with Crippen LogP contribution in [0.15, 0.2) is 0 Å². The fourth-order valence-electron chi connectivity index (χ4n) is 2.01. The summed E-state index contributed by atoms with van der Waals surface area (Å²) in [5, 5.41) is 0. The van der Waals surface area contributed by atoms with Crippen LogP contribution in [-0.2, 0) is 27.5 Å². The highest BCUT2D eigenvalue weighted by atomic mass is 28.4. The van der Waals surface area contributed by atoms with E-state index in [1.54, 1.807) is 21.3 Å². The maximum absolute atomic E-state index is 6.23. The van der Waals surface area contributed by atoms with Gasteiger partial charge in [0.2, 0.25) is 0 Å². The Morgan fingerprint density at radius 2 is 0.826 bits per heavy atom. The van der Waals surface area contributed by atoms with Crippen molar-refractivity contribution in [2.75, 3.05) is 21.3 Å². The van der Waals surface area contributed by atoms with E-state index in [0.29, 0.717) is 19.3 Å². The third kappa shape index (κ3) is 6.78. The lowest BCUT2D eigenvalue weighted by molar-refractivity contribution is -0.257. The van der Waals surface area contributed by atoms with Crippen LogP contribution in [-0.4, -0.2) is 47.5 Å². The second-order valence-electron chi connectivity index (χ2n) is 6.24. The van der Waals surface area contributed by atoms with Crippen LogP contribution in [0.5, 0.6) is 0 Å². The minimum Gasteiger partial charge on any atom is -0.354 e. The molecule has 0 rings (SSSR count). The molecule has 3 unspecified atom stereocenters. The largest absolute Gasteiger partial charge is 0.504 e. The van der Waals surface area contributed by atoms with Gasteiger partial charge in [-0.25, -0.2) is 0 Å².